The first-order chi connectivity index (χ1) is 17.7. The van der Waals surface area contributed by atoms with Gasteiger partial charge < -0.3 is 15.5 Å². The minimum absolute atomic E-state index is 0.301. The Balaban J connectivity index is 4.18. The third kappa shape index (κ3) is 24.1. The standard InChI is InChI=1S/C29H59NO6S/c1-3-5-7-9-11-13-15-17-19-21-23-27(31)26(25-37(34,35)36)30-29(33)28(32)24-22-20-18-16-14-12-10-8-6-4-2/h26-28,31-32H,3-25H2,1-2H3,(H,30,33)(H,34,35,36). The second kappa shape index (κ2) is 24.3. The number of hydrogen-bond donors (Lipinski definition) is 4. The molecule has 0 aromatic rings. The van der Waals surface area contributed by atoms with Crippen molar-refractivity contribution < 1.29 is 28.0 Å². The number of amides is 1. The van der Waals surface area contributed by atoms with Crippen molar-refractivity contribution >= 4 is 16.0 Å². The van der Waals surface area contributed by atoms with Gasteiger partial charge in [-0.25, -0.2) is 0 Å². The van der Waals surface area contributed by atoms with Gasteiger partial charge in [-0.2, -0.15) is 8.42 Å². The van der Waals surface area contributed by atoms with Crippen LogP contribution < -0.4 is 5.32 Å². The Morgan fingerprint density at radius 3 is 1.35 bits per heavy atom. The molecule has 0 saturated carbocycles. The molecule has 1 amide bonds. The van der Waals surface area contributed by atoms with Gasteiger partial charge in [-0.3, -0.25) is 9.35 Å². The normalized spacial score (nSPS) is 14.4. The zero-order chi connectivity index (χ0) is 27.8. The van der Waals surface area contributed by atoms with Gasteiger partial charge in [0.2, 0.25) is 5.91 Å². The molecule has 0 aliphatic carbocycles. The minimum atomic E-state index is -4.39. The van der Waals surface area contributed by atoms with Crippen molar-refractivity contribution in [3.8, 4) is 0 Å². The molecule has 0 aromatic carbocycles. The molecule has 0 aromatic heterocycles. The highest BCUT2D eigenvalue weighted by Gasteiger charge is 2.28. The van der Waals surface area contributed by atoms with E-state index in [1.807, 2.05) is 0 Å². The lowest BCUT2D eigenvalue weighted by Crippen LogP contribution is -2.50. The summed E-state index contributed by atoms with van der Waals surface area (Å²) in [5.74, 6) is -1.45. The molecule has 0 fully saturated rings. The highest BCUT2D eigenvalue weighted by atomic mass is 32.2. The Morgan fingerprint density at radius 2 is 0.973 bits per heavy atom. The van der Waals surface area contributed by atoms with Gasteiger partial charge >= 0.3 is 0 Å². The maximum atomic E-state index is 12.4. The Morgan fingerprint density at radius 1 is 0.622 bits per heavy atom. The fraction of sp³-hybridized carbons (Fsp3) is 0.966. The third-order valence-electron chi connectivity index (χ3n) is 7.17. The summed E-state index contributed by atoms with van der Waals surface area (Å²) in [7, 11) is -4.39. The predicted octanol–water partition coefficient (Wildman–Crippen LogP) is 6.70. The molecule has 0 spiro atoms. The van der Waals surface area contributed by atoms with Crippen molar-refractivity contribution in [2.24, 2.45) is 0 Å². The molecular formula is C29H59NO6S. The molecule has 8 heteroatoms. The van der Waals surface area contributed by atoms with E-state index >= 15 is 0 Å². The highest BCUT2D eigenvalue weighted by molar-refractivity contribution is 7.85. The number of aliphatic hydroxyl groups is 2. The number of nitrogens with one attached hydrogen (secondary N) is 1. The van der Waals surface area contributed by atoms with Crippen LogP contribution in [0.25, 0.3) is 0 Å². The van der Waals surface area contributed by atoms with Crippen molar-refractivity contribution in [2.45, 2.75) is 173 Å². The fourth-order valence-electron chi connectivity index (χ4n) is 4.75. The molecule has 222 valence electrons. The maximum absolute atomic E-state index is 12.4. The monoisotopic (exact) mass is 549 g/mol. The summed E-state index contributed by atoms with van der Waals surface area (Å²) in [6.45, 7) is 4.42. The predicted molar refractivity (Wildman–Crippen MR) is 153 cm³/mol. The van der Waals surface area contributed by atoms with Crippen LogP contribution in [-0.4, -0.2) is 53.1 Å². The Hall–Kier alpha value is -0.700. The van der Waals surface area contributed by atoms with Crippen molar-refractivity contribution in [1.82, 2.24) is 5.32 Å². The summed E-state index contributed by atoms with van der Waals surface area (Å²) in [5, 5.41) is 23.2. The summed E-state index contributed by atoms with van der Waals surface area (Å²) in [4.78, 5) is 12.4. The lowest BCUT2D eigenvalue weighted by molar-refractivity contribution is -0.131. The Bertz CT molecular complexity index is 628. The van der Waals surface area contributed by atoms with Crippen LogP contribution in [0.15, 0.2) is 0 Å². The second-order valence-corrected chi connectivity index (χ2v) is 12.4. The van der Waals surface area contributed by atoms with E-state index in [4.69, 9.17) is 0 Å². The zero-order valence-electron chi connectivity index (χ0n) is 24.0. The average Bonchev–Trinajstić information content (AvgIpc) is 2.84. The third-order valence-corrected chi connectivity index (χ3v) is 7.95. The molecule has 7 nitrogen and oxygen atoms in total. The first-order valence-electron chi connectivity index (χ1n) is 15.3. The zero-order valence-corrected chi connectivity index (χ0v) is 24.8. The first-order valence-corrected chi connectivity index (χ1v) is 16.9. The number of carbonyl (C=O) groups is 1. The average molecular weight is 550 g/mol. The van der Waals surface area contributed by atoms with Crippen LogP contribution >= 0.6 is 0 Å². The van der Waals surface area contributed by atoms with E-state index in [1.165, 1.54) is 77.0 Å². The summed E-state index contributed by atoms with van der Waals surface area (Å²) >= 11 is 0. The second-order valence-electron chi connectivity index (χ2n) is 10.9. The number of hydrogen-bond acceptors (Lipinski definition) is 5. The van der Waals surface area contributed by atoms with Crippen molar-refractivity contribution in [1.29, 1.82) is 0 Å². The topological polar surface area (TPSA) is 124 Å². The van der Waals surface area contributed by atoms with Gasteiger partial charge in [0, 0.05) is 0 Å². The van der Waals surface area contributed by atoms with E-state index in [0.29, 0.717) is 19.3 Å². The molecule has 37 heavy (non-hydrogen) atoms. The van der Waals surface area contributed by atoms with Gasteiger partial charge in [0.15, 0.2) is 0 Å². The number of unbranched alkanes of at least 4 members (excludes halogenated alkanes) is 18. The van der Waals surface area contributed by atoms with E-state index in [9.17, 15) is 28.0 Å². The van der Waals surface area contributed by atoms with E-state index in [0.717, 1.165) is 44.9 Å². The quantitative estimate of drug-likeness (QED) is 0.0667. The number of carbonyl (C=O) groups excluding carboxylic acids is 1. The van der Waals surface area contributed by atoms with Crippen LogP contribution in [0.4, 0.5) is 0 Å². The number of aliphatic hydroxyl groups excluding tert-OH is 2. The van der Waals surface area contributed by atoms with Gasteiger partial charge in [-0.15, -0.1) is 0 Å². The van der Waals surface area contributed by atoms with Crippen molar-refractivity contribution in [3.05, 3.63) is 0 Å². The molecule has 3 atom stereocenters. The SMILES string of the molecule is CCCCCCCCCCCCC(O)C(=O)NC(CS(=O)(=O)O)C(O)CCCCCCCCCCCC. The van der Waals surface area contributed by atoms with Crippen LogP contribution in [0.2, 0.25) is 0 Å². The van der Waals surface area contributed by atoms with Gasteiger partial charge in [0.05, 0.1) is 17.9 Å². The molecule has 3 unspecified atom stereocenters. The molecule has 0 aliphatic heterocycles. The van der Waals surface area contributed by atoms with Crippen LogP contribution in [-0.2, 0) is 14.9 Å². The van der Waals surface area contributed by atoms with Gasteiger partial charge in [-0.05, 0) is 12.8 Å². The molecule has 4 N–H and O–H groups in total. The van der Waals surface area contributed by atoms with Gasteiger partial charge in [0.1, 0.15) is 6.10 Å². The Labute approximate surface area is 228 Å². The smallest absolute Gasteiger partial charge is 0.266 e. The maximum Gasteiger partial charge on any atom is 0.266 e. The van der Waals surface area contributed by atoms with Crippen molar-refractivity contribution in [3.63, 3.8) is 0 Å². The molecule has 0 bridgehead atoms. The molecule has 0 rings (SSSR count). The van der Waals surface area contributed by atoms with E-state index < -0.39 is 40.0 Å². The van der Waals surface area contributed by atoms with Gasteiger partial charge in [0.25, 0.3) is 10.1 Å². The molecule has 0 radical (unpaired) electrons. The summed E-state index contributed by atoms with van der Waals surface area (Å²) in [6, 6.07) is -1.14. The van der Waals surface area contributed by atoms with Crippen LogP contribution in [0, 0.1) is 0 Å². The largest absolute Gasteiger partial charge is 0.391 e. The lowest BCUT2D eigenvalue weighted by atomic mass is 10.0. The van der Waals surface area contributed by atoms with Crippen LogP contribution in [0.3, 0.4) is 0 Å². The summed E-state index contributed by atoms with van der Waals surface area (Å²) in [5.41, 5.74) is 0. The Kier molecular flexibility index (Phi) is 23.9. The molecular weight excluding hydrogens is 490 g/mol. The summed E-state index contributed by atoms with van der Waals surface area (Å²) < 4.78 is 32.2. The van der Waals surface area contributed by atoms with Crippen LogP contribution in [0.1, 0.15) is 155 Å². The summed E-state index contributed by atoms with van der Waals surface area (Å²) in [6.07, 6.45) is 21.3. The van der Waals surface area contributed by atoms with E-state index in [2.05, 4.69) is 19.2 Å². The van der Waals surface area contributed by atoms with Crippen LogP contribution in [0.5, 0.6) is 0 Å². The highest BCUT2D eigenvalue weighted by Crippen LogP contribution is 2.15. The minimum Gasteiger partial charge on any atom is -0.391 e. The molecule has 0 heterocycles. The van der Waals surface area contributed by atoms with E-state index in [1.54, 1.807) is 0 Å². The number of rotatable bonds is 27. The molecule has 0 aliphatic rings. The molecule has 0 saturated heterocycles. The first kappa shape index (κ1) is 36.3. The lowest BCUT2D eigenvalue weighted by Gasteiger charge is -2.24. The van der Waals surface area contributed by atoms with Crippen molar-refractivity contribution in [2.75, 3.05) is 5.75 Å². The van der Waals surface area contributed by atoms with Gasteiger partial charge in [-0.1, -0.05) is 142 Å². The van der Waals surface area contributed by atoms with E-state index in [-0.39, 0.29) is 0 Å². The fourth-order valence-corrected chi connectivity index (χ4v) is 5.51.